The second-order valence-electron chi connectivity index (χ2n) is 5.96. The van der Waals surface area contributed by atoms with Crippen molar-refractivity contribution in [1.29, 1.82) is 0 Å². The average molecular weight is 364 g/mol. The lowest BCUT2D eigenvalue weighted by molar-refractivity contribution is -0.895. The Hall–Kier alpha value is -2.61. The van der Waals surface area contributed by atoms with E-state index in [2.05, 4.69) is 5.32 Å². The number of nitrogens with one attached hydrogen (secondary N) is 2. The van der Waals surface area contributed by atoms with E-state index in [1.165, 1.54) is 0 Å². The van der Waals surface area contributed by atoms with Crippen LogP contribution in [0.5, 0.6) is 0 Å². The highest BCUT2D eigenvalue weighted by Gasteiger charge is 2.25. The van der Waals surface area contributed by atoms with Crippen molar-refractivity contribution in [1.82, 2.24) is 4.90 Å². The van der Waals surface area contributed by atoms with Crippen molar-refractivity contribution >= 4 is 23.7 Å². The zero-order valence-corrected chi connectivity index (χ0v) is 15.2. The summed E-state index contributed by atoms with van der Waals surface area (Å²) < 4.78 is 9.91. The number of nitrogens with zero attached hydrogens (tertiary/aromatic N) is 1. The molecule has 1 fully saturated rings. The third kappa shape index (κ3) is 5.73. The fraction of sp³-hybridized carbons (Fsp3) is 0.500. The van der Waals surface area contributed by atoms with Gasteiger partial charge >= 0.3 is 12.1 Å². The summed E-state index contributed by atoms with van der Waals surface area (Å²) in [5.41, 5.74) is 1.08. The second kappa shape index (κ2) is 9.76. The molecule has 1 aliphatic heterocycles. The van der Waals surface area contributed by atoms with Gasteiger partial charge < -0.3 is 19.7 Å². The average Bonchev–Trinajstić information content (AvgIpc) is 2.63. The van der Waals surface area contributed by atoms with Crippen LogP contribution in [0.3, 0.4) is 0 Å². The molecule has 1 aromatic carbocycles. The van der Waals surface area contributed by atoms with Crippen LogP contribution in [0.1, 0.15) is 24.2 Å². The molecule has 0 spiro atoms. The molecule has 2 rings (SSSR count). The number of amides is 2. The lowest BCUT2D eigenvalue weighted by atomic mass is 10.2. The van der Waals surface area contributed by atoms with Gasteiger partial charge in [0.05, 0.1) is 45.0 Å². The van der Waals surface area contributed by atoms with Crippen LogP contribution in [-0.4, -0.2) is 68.8 Å². The molecule has 0 aromatic heterocycles. The molecule has 8 nitrogen and oxygen atoms in total. The Balaban J connectivity index is 1.77. The summed E-state index contributed by atoms with van der Waals surface area (Å²) in [6, 6.07) is 6.60. The van der Waals surface area contributed by atoms with Crippen LogP contribution < -0.4 is 10.2 Å². The smallest absolute Gasteiger partial charge is 0.410 e. The number of benzene rings is 1. The van der Waals surface area contributed by atoms with E-state index >= 15 is 0 Å². The SMILES string of the molecule is CCOC(=O)c1ccc(NC(=O)C[NH+]2CCN(C(=O)OCC)CC2)cc1. The summed E-state index contributed by atoms with van der Waals surface area (Å²) in [4.78, 5) is 38.2. The number of piperazine rings is 1. The monoisotopic (exact) mass is 364 g/mol. The number of carbonyl (C=O) groups excluding carboxylic acids is 3. The van der Waals surface area contributed by atoms with Crippen LogP contribution in [0.25, 0.3) is 0 Å². The van der Waals surface area contributed by atoms with E-state index in [1.807, 2.05) is 0 Å². The maximum absolute atomic E-state index is 12.2. The van der Waals surface area contributed by atoms with Gasteiger partial charge in [0, 0.05) is 5.69 Å². The minimum Gasteiger partial charge on any atom is -0.462 e. The molecule has 0 saturated carbocycles. The van der Waals surface area contributed by atoms with Crippen molar-refractivity contribution < 1.29 is 28.8 Å². The number of ether oxygens (including phenoxy) is 2. The Morgan fingerprint density at radius 3 is 2.23 bits per heavy atom. The van der Waals surface area contributed by atoms with Crippen molar-refractivity contribution in [3.63, 3.8) is 0 Å². The first kappa shape index (κ1) is 19.7. The predicted molar refractivity (Wildman–Crippen MR) is 95.2 cm³/mol. The van der Waals surface area contributed by atoms with Gasteiger partial charge in [0.1, 0.15) is 0 Å². The Morgan fingerprint density at radius 1 is 1.04 bits per heavy atom. The van der Waals surface area contributed by atoms with E-state index in [9.17, 15) is 14.4 Å². The minimum atomic E-state index is -0.380. The van der Waals surface area contributed by atoms with E-state index in [-0.39, 0.29) is 18.0 Å². The third-order valence-electron chi connectivity index (χ3n) is 4.09. The summed E-state index contributed by atoms with van der Waals surface area (Å²) in [5.74, 6) is -0.484. The third-order valence-corrected chi connectivity index (χ3v) is 4.09. The lowest BCUT2D eigenvalue weighted by Crippen LogP contribution is -3.15. The molecule has 2 N–H and O–H groups in total. The van der Waals surface area contributed by atoms with E-state index in [0.717, 1.165) is 4.90 Å². The number of esters is 1. The number of hydrogen-bond acceptors (Lipinski definition) is 5. The van der Waals surface area contributed by atoms with Gasteiger partial charge in [0.2, 0.25) is 0 Å². The summed E-state index contributed by atoms with van der Waals surface area (Å²) in [7, 11) is 0. The summed E-state index contributed by atoms with van der Waals surface area (Å²) >= 11 is 0. The van der Waals surface area contributed by atoms with Crippen LogP contribution in [0.15, 0.2) is 24.3 Å². The van der Waals surface area contributed by atoms with E-state index in [0.29, 0.717) is 57.2 Å². The number of quaternary nitrogens is 1. The first-order valence-electron chi connectivity index (χ1n) is 8.85. The Morgan fingerprint density at radius 2 is 1.65 bits per heavy atom. The molecule has 1 heterocycles. The Bertz CT molecular complexity index is 624. The molecule has 1 aromatic rings. The zero-order valence-electron chi connectivity index (χ0n) is 15.2. The standard InChI is InChI=1S/C18H25N3O5/c1-3-25-17(23)14-5-7-15(8-6-14)19-16(22)13-20-9-11-21(12-10-20)18(24)26-4-2/h5-8H,3-4,9-13H2,1-2H3,(H,19,22)/p+1. The predicted octanol–water partition coefficient (Wildman–Crippen LogP) is 0.159. The molecule has 1 saturated heterocycles. The number of anilines is 1. The quantitative estimate of drug-likeness (QED) is 0.702. The van der Waals surface area contributed by atoms with Crippen LogP contribution in [-0.2, 0) is 14.3 Å². The molecular weight excluding hydrogens is 338 g/mol. The van der Waals surface area contributed by atoms with Crippen LogP contribution >= 0.6 is 0 Å². The topological polar surface area (TPSA) is 89.4 Å². The van der Waals surface area contributed by atoms with Gasteiger partial charge in [-0.2, -0.15) is 0 Å². The van der Waals surface area contributed by atoms with Gasteiger partial charge in [-0.1, -0.05) is 0 Å². The van der Waals surface area contributed by atoms with Crippen molar-refractivity contribution in [3.8, 4) is 0 Å². The fourth-order valence-corrected chi connectivity index (χ4v) is 2.73. The number of hydrogen-bond donors (Lipinski definition) is 2. The van der Waals surface area contributed by atoms with Crippen LogP contribution in [0.2, 0.25) is 0 Å². The number of carbonyl (C=O) groups is 3. The largest absolute Gasteiger partial charge is 0.462 e. The normalized spacial score (nSPS) is 14.6. The minimum absolute atomic E-state index is 0.103. The molecule has 1 aliphatic rings. The molecule has 2 amide bonds. The maximum Gasteiger partial charge on any atom is 0.410 e. The molecule has 26 heavy (non-hydrogen) atoms. The van der Waals surface area contributed by atoms with Gasteiger partial charge in [-0.15, -0.1) is 0 Å². The van der Waals surface area contributed by atoms with Crippen LogP contribution in [0, 0.1) is 0 Å². The highest BCUT2D eigenvalue weighted by molar-refractivity contribution is 5.93. The Kier molecular flexibility index (Phi) is 7.40. The van der Waals surface area contributed by atoms with E-state index in [1.54, 1.807) is 43.0 Å². The lowest BCUT2D eigenvalue weighted by Gasteiger charge is -2.31. The zero-order chi connectivity index (χ0) is 18.9. The van der Waals surface area contributed by atoms with Crippen molar-refractivity contribution in [2.45, 2.75) is 13.8 Å². The molecule has 0 aliphatic carbocycles. The van der Waals surface area contributed by atoms with Gasteiger partial charge in [-0.05, 0) is 38.1 Å². The number of rotatable bonds is 6. The first-order chi connectivity index (χ1) is 12.5. The molecular formula is C18H26N3O5+. The molecule has 0 unspecified atom stereocenters. The summed E-state index contributed by atoms with van der Waals surface area (Å²) in [6.07, 6.45) is -0.294. The highest BCUT2D eigenvalue weighted by atomic mass is 16.6. The van der Waals surface area contributed by atoms with Crippen molar-refractivity contribution in [2.75, 3.05) is 51.3 Å². The summed E-state index contributed by atoms with van der Waals surface area (Å²) in [5, 5.41) is 2.82. The van der Waals surface area contributed by atoms with Gasteiger partial charge in [-0.3, -0.25) is 9.69 Å². The van der Waals surface area contributed by atoms with Crippen molar-refractivity contribution in [3.05, 3.63) is 29.8 Å². The van der Waals surface area contributed by atoms with E-state index in [4.69, 9.17) is 9.47 Å². The van der Waals surface area contributed by atoms with Crippen molar-refractivity contribution in [2.24, 2.45) is 0 Å². The second-order valence-corrected chi connectivity index (χ2v) is 5.96. The molecule has 0 radical (unpaired) electrons. The molecule has 0 bridgehead atoms. The fourth-order valence-electron chi connectivity index (χ4n) is 2.73. The van der Waals surface area contributed by atoms with Crippen LogP contribution in [0.4, 0.5) is 10.5 Å². The van der Waals surface area contributed by atoms with Gasteiger partial charge in [0.25, 0.3) is 5.91 Å². The molecule has 0 atom stereocenters. The maximum atomic E-state index is 12.2. The van der Waals surface area contributed by atoms with Gasteiger partial charge in [0.15, 0.2) is 6.54 Å². The van der Waals surface area contributed by atoms with Gasteiger partial charge in [-0.25, -0.2) is 9.59 Å². The Labute approximate surface area is 153 Å². The molecule has 8 heteroatoms. The van der Waals surface area contributed by atoms with E-state index < -0.39 is 0 Å². The summed E-state index contributed by atoms with van der Waals surface area (Å²) in [6.45, 7) is 7.11. The highest BCUT2D eigenvalue weighted by Crippen LogP contribution is 2.10. The molecule has 142 valence electrons. The first-order valence-corrected chi connectivity index (χ1v) is 8.85.